The van der Waals surface area contributed by atoms with Crippen LogP contribution in [0.1, 0.15) is 28.8 Å². The van der Waals surface area contributed by atoms with Crippen molar-refractivity contribution in [1.29, 1.82) is 0 Å². The molecule has 0 radical (unpaired) electrons. The molecule has 0 spiro atoms. The van der Waals surface area contributed by atoms with Crippen molar-refractivity contribution in [3.63, 3.8) is 0 Å². The normalized spacial score (nSPS) is 14.9. The summed E-state index contributed by atoms with van der Waals surface area (Å²) in [5.41, 5.74) is 8.78. The van der Waals surface area contributed by atoms with E-state index in [9.17, 15) is 9.18 Å². The number of anilines is 2. The number of rotatable bonds is 5. The lowest BCUT2D eigenvalue weighted by Crippen LogP contribution is -2.21. The molecule has 1 amide bonds. The topological polar surface area (TPSA) is 64.4 Å². The van der Waals surface area contributed by atoms with E-state index in [1.807, 2.05) is 36.4 Å². The van der Waals surface area contributed by atoms with Gasteiger partial charge in [0.2, 0.25) is 5.91 Å². The first kappa shape index (κ1) is 18.4. The molecule has 0 aliphatic carbocycles. The maximum atomic E-state index is 13.6. The van der Waals surface area contributed by atoms with Crippen LogP contribution in [0.3, 0.4) is 0 Å². The van der Waals surface area contributed by atoms with Gasteiger partial charge >= 0.3 is 0 Å². The SMILES string of the molecule is NC(=O)c1c(CC2CCOCC2)cc(Nc2cccc(F)c2)c2ccccc12. The van der Waals surface area contributed by atoms with Crippen molar-refractivity contribution < 1.29 is 13.9 Å². The van der Waals surface area contributed by atoms with Gasteiger partial charge in [-0.25, -0.2) is 4.39 Å². The maximum Gasteiger partial charge on any atom is 0.249 e. The first-order valence-corrected chi connectivity index (χ1v) is 9.56. The minimum Gasteiger partial charge on any atom is -0.381 e. The molecule has 4 nitrogen and oxygen atoms in total. The highest BCUT2D eigenvalue weighted by Crippen LogP contribution is 2.34. The number of primary amides is 1. The molecule has 3 aromatic rings. The average molecular weight is 378 g/mol. The molecule has 0 atom stereocenters. The second kappa shape index (κ2) is 7.98. The smallest absolute Gasteiger partial charge is 0.249 e. The van der Waals surface area contributed by atoms with E-state index >= 15 is 0 Å². The minimum absolute atomic E-state index is 0.300. The number of halogens is 1. The maximum absolute atomic E-state index is 13.6. The molecule has 0 bridgehead atoms. The summed E-state index contributed by atoms with van der Waals surface area (Å²) >= 11 is 0. The Morgan fingerprint density at radius 2 is 1.82 bits per heavy atom. The molecule has 5 heteroatoms. The molecule has 1 aliphatic rings. The second-order valence-corrected chi connectivity index (χ2v) is 7.26. The molecular formula is C23H23FN2O2. The Morgan fingerprint density at radius 3 is 2.54 bits per heavy atom. The number of nitrogens with two attached hydrogens (primary N) is 1. The number of carbonyl (C=O) groups excluding carboxylic acids is 1. The zero-order valence-electron chi connectivity index (χ0n) is 15.6. The molecule has 0 saturated carbocycles. The van der Waals surface area contributed by atoms with Crippen LogP contribution in [0.5, 0.6) is 0 Å². The Morgan fingerprint density at radius 1 is 1.07 bits per heavy atom. The predicted molar refractivity (Wildman–Crippen MR) is 109 cm³/mol. The monoisotopic (exact) mass is 378 g/mol. The minimum atomic E-state index is -0.421. The van der Waals surface area contributed by atoms with Crippen LogP contribution < -0.4 is 11.1 Å². The molecule has 1 fully saturated rings. The van der Waals surface area contributed by atoms with Gasteiger partial charge in [0.1, 0.15) is 5.82 Å². The molecule has 3 aromatic carbocycles. The third-order valence-corrected chi connectivity index (χ3v) is 5.33. The lowest BCUT2D eigenvalue weighted by atomic mass is 9.87. The summed E-state index contributed by atoms with van der Waals surface area (Å²) in [7, 11) is 0. The van der Waals surface area contributed by atoms with Crippen LogP contribution >= 0.6 is 0 Å². The number of nitrogens with one attached hydrogen (secondary N) is 1. The van der Waals surface area contributed by atoms with Gasteiger partial charge in [-0.2, -0.15) is 0 Å². The van der Waals surface area contributed by atoms with Gasteiger partial charge in [0.15, 0.2) is 0 Å². The Kier molecular flexibility index (Phi) is 5.26. The highest BCUT2D eigenvalue weighted by atomic mass is 19.1. The fourth-order valence-corrected chi connectivity index (χ4v) is 3.97. The average Bonchev–Trinajstić information content (AvgIpc) is 2.68. The van der Waals surface area contributed by atoms with Gasteiger partial charge in [0, 0.05) is 30.0 Å². The molecule has 28 heavy (non-hydrogen) atoms. The summed E-state index contributed by atoms with van der Waals surface area (Å²) in [6, 6.07) is 16.0. The molecule has 0 unspecified atom stereocenters. The van der Waals surface area contributed by atoms with E-state index in [2.05, 4.69) is 5.32 Å². The fourth-order valence-electron chi connectivity index (χ4n) is 3.97. The van der Waals surface area contributed by atoms with Crippen LogP contribution in [0.15, 0.2) is 54.6 Å². The van der Waals surface area contributed by atoms with Crippen molar-refractivity contribution in [3.8, 4) is 0 Å². The Bertz CT molecular complexity index is 1010. The zero-order chi connectivity index (χ0) is 19.5. The van der Waals surface area contributed by atoms with Crippen molar-refractivity contribution >= 4 is 28.1 Å². The van der Waals surface area contributed by atoms with Crippen molar-refractivity contribution in [1.82, 2.24) is 0 Å². The number of carbonyl (C=O) groups is 1. The Hall–Kier alpha value is -2.92. The van der Waals surface area contributed by atoms with Crippen LogP contribution in [0.4, 0.5) is 15.8 Å². The number of hydrogen-bond acceptors (Lipinski definition) is 3. The van der Waals surface area contributed by atoms with Crippen LogP contribution in [-0.2, 0) is 11.2 Å². The summed E-state index contributed by atoms with van der Waals surface area (Å²) < 4.78 is 19.1. The molecule has 4 rings (SSSR count). The number of benzene rings is 3. The summed E-state index contributed by atoms with van der Waals surface area (Å²) in [6.45, 7) is 1.50. The van der Waals surface area contributed by atoms with Crippen LogP contribution in [-0.4, -0.2) is 19.1 Å². The standard InChI is InChI=1S/C23H23FN2O2/c24-17-4-3-5-18(14-17)26-21-13-16(12-15-8-10-28-11-9-15)22(23(25)27)20-7-2-1-6-19(20)21/h1-7,13-15,26H,8-12H2,(H2,25,27). The van der Waals surface area contributed by atoms with E-state index < -0.39 is 5.91 Å². The predicted octanol–water partition coefficient (Wildman–Crippen LogP) is 4.79. The van der Waals surface area contributed by atoms with Gasteiger partial charge in [-0.1, -0.05) is 30.3 Å². The number of ether oxygens (including phenoxy) is 1. The van der Waals surface area contributed by atoms with Gasteiger partial charge in [-0.15, -0.1) is 0 Å². The molecule has 144 valence electrons. The van der Waals surface area contributed by atoms with Crippen LogP contribution in [0.25, 0.3) is 10.8 Å². The van der Waals surface area contributed by atoms with E-state index in [1.54, 1.807) is 6.07 Å². The van der Waals surface area contributed by atoms with Crippen LogP contribution in [0, 0.1) is 11.7 Å². The number of amides is 1. The first-order valence-electron chi connectivity index (χ1n) is 9.56. The van der Waals surface area contributed by atoms with Crippen LogP contribution in [0.2, 0.25) is 0 Å². The van der Waals surface area contributed by atoms with E-state index in [1.165, 1.54) is 12.1 Å². The lowest BCUT2D eigenvalue weighted by molar-refractivity contribution is 0.0665. The molecule has 1 heterocycles. The Labute approximate surface area is 163 Å². The summed E-state index contributed by atoms with van der Waals surface area (Å²) in [5.74, 6) is -0.268. The highest BCUT2D eigenvalue weighted by Gasteiger charge is 2.21. The van der Waals surface area contributed by atoms with Gasteiger partial charge in [0.25, 0.3) is 0 Å². The van der Waals surface area contributed by atoms with Crippen molar-refractivity contribution in [2.24, 2.45) is 11.7 Å². The first-order chi connectivity index (χ1) is 13.6. The van der Waals surface area contributed by atoms with Gasteiger partial charge in [-0.3, -0.25) is 4.79 Å². The Balaban J connectivity index is 1.81. The summed E-state index contributed by atoms with van der Waals surface area (Å²) in [6.07, 6.45) is 2.71. The summed E-state index contributed by atoms with van der Waals surface area (Å²) in [5, 5.41) is 5.02. The fraction of sp³-hybridized carbons (Fsp3) is 0.261. The number of hydrogen-bond donors (Lipinski definition) is 2. The summed E-state index contributed by atoms with van der Waals surface area (Å²) in [4.78, 5) is 12.3. The van der Waals surface area contributed by atoms with Gasteiger partial charge in [0.05, 0.1) is 5.56 Å². The largest absolute Gasteiger partial charge is 0.381 e. The molecule has 3 N–H and O–H groups in total. The van der Waals surface area contributed by atoms with Gasteiger partial charge < -0.3 is 15.8 Å². The molecule has 1 saturated heterocycles. The molecular weight excluding hydrogens is 355 g/mol. The van der Waals surface area contributed by atoms with E-state index in [0.29, 0.717) is 17.2 Å². The van der Waals surface area contributed by atoms with Gasteiger partial charge in [-0.05, 0) is 60.4 Å². The van der Waals surface area contributed by atoms with E-state index in [0.717, 1.165) is 54.5 Å². The van der Waals surface area contributed by atoms with Crippen molar-refractivity contribution in [3.05, 3.63) is 71.5 Å². The third-order valence-electron chi connectivity index (χ3n) is 5.33. The van der Waals surface area contributed by atoms with Crippen molar-refractivity contribution in [2.75, 3.05) is 18.5 Å². The zero-order valence-corrected chi connectivity index (χ0v) is 15.6. The quantitative estimate of drug-likeness (QED) is 0.671. The third kappa shape index (κ3) is 3.85. The van der Waals surface area contributed by atoms with E-state index in [4.69, 9.17) is 10.5 Å². The highest BCUT2D eigenvalue weighted by molar-refractivity contribution is 6.11. The van der Waals surface area contributed by atoms with E-state index in [-0.39, 0.29) is 5.82 Å². The van der Waals surface area contributed by atoms with Crippen molar-refractivity contribution in [2.45, 2.75) is 19.3 Å². The lowest BCUT2D eigenvalue weighted by Gasteiger charge is -2.24. The molecule has 1 aliphatic heterocycles. The number of fused-ring (bicyclic) bond motifs is 1. The second-order valence-electron chi connectivity index (χ2n) is 7.26. The molecule has 0 aromatic heterocycles.